The molecule has 20 heavy (non-hydrogen) atoms. The van der Waals surface area contributed by atoms with Crippen molar-refractivity contribution >= 4 is 17.6 Å². The van der Waals surface area contributed by atoms with Gasteiger partial charge in [0.15, 0.2) is 0 Å². The molecule has 1 aliphatic heterocycles. The summed E-state index contributed by atoms with van der Waals surface area (Å²) < 4.78 is 2.52. The summed E-state index contributed by atoms with van der Waals surface area (Å²) >= 11 is 1.92. The maximum atomic E-state index is 3.49. The molecule has 1 aromatic carbocycles. The molecule has 1 N–H and O–H groups in total. The lowest BCUT2D eigenvalue weighted by atomic mass is 10.1. The minimum atomic E-state index is 0.764. The van der Waals surface area contributed by atoms with Gasteiger partial charge in [-0.2, -0.15) is 0 Å². The van der Waals surface area contributed by atoms with Crippen molar-refractivity contribution in [2.45, 2.75) is 50.8 Å². The summed E-state index contributed by atoms with van der Waals surface area (Å²) in [6, 6.07) is 8.90. The van der Waals surface area contributed by atoms with Gasteiger partial charge in [-0.15, -0.1) is 0 Å². The molecule has 1 fully saturated rings. The highest BCUT2D eigenvalue weighted by molar-refractivity contribution is 7.97. The fourth-order valence-electron chi connectivity index (χ4n) is 2.42. The molecule has 1 aliphatic rings. The molecule has 0 atom stereocenters. The topological polar surface area (TPSA) is 15.3 Å². The van der Waals surface area contributed by atoms with E-state index in [1.165, 1.54) is 55.8 Å². The lowest BCUT2D eigenvalue weighted by molar-refractivity contribution is 0.489. The average Bonchev–Trinajstić information content (AvgIpc) is 2.69. The summed E-state index contributed by atoms with van der Waals surface area (Å²) in [5.74, 6) is 0.764. The van der Waals surface area contributed by atoms with Gasteiger partial charge in [0.2, 0.25) is 0 Å². The quantitative estimate of drug-likeness (QED) is 0.740. The Morgan fingerprint density at radius 1 is 1.05 bits per heavy atom. The Bertz CT molecular complexity index is 367. The predicted octanol–water partition coefficient (Wildman–Crippen LogP) is 5.03. The third-order valence-corrected chi connectivity index (χ3v) is 4.81. The van der Waals surface area contributed by atoms with Gasteiger partial charge in [0, 0.05) is 30.2 Å². The van der Waals surface area contributed by atoms with Crippen LogP contribution < -0.4 is 5.32 Å². The Morgan fingerprint density at radius 3 is 2.30 bits per heavy atom. The first-order valence-corrected chi connectivity index (χ1v) is 8.78. The van der Waals surface area contributed by atoms with Crippen molar-refractivity contribution in [3.63, 3.8) is 0 Å². The van der Waals surface area contributed by atoms with Gasteiger partial charge < -0.3 is 5.32 Å². The van der Waals surface area contributed by atoms with E-state index in [1.807, 2.05) is 11.9 Å². The Balaban J connectivity index is 1.78. The van der Waals surface area contributed by atoms with E-state index in [-0.39, 0.29) is 0 Å². The molecule has 2 rings (SSSR count). The fourth-order valence-corrected chi connectivity index (χ4v) is 3.42. The maximum absolute atomic E-state index is 3.49. The molecule has 0 aliphatic carbocycles. The SMILES string of the molecule is CC(C)CCNc1ccc(SN2CCCCCC2)cc1. The predicted molar refractivity (Wildman–Crippen MR) is 90.3 cm³/mol. The fraction of sp³-hybridized carbons (Fsp3) is 0.647. The van der Waals surface area contributed by atoms with E-state index in [9.17, 15) is 0 Å². The zero-order valence-corrected chi connectivity index (χ0v) is 13.7. The number of hydrogen-bond acceptors (Lipinski definition) is 3. The Labute approximate surface area is 128 Å². The molecule has 0 aromatic heterocycles. The first kappa shape index (κ1) is 15.7. The van der Waals surface area contributed by atoms with Crippen molar-refractivity contribution in [1.82, 2.24) is 4.31 Å². The summed E-state index contributed by atoms with van der Waals surface area (Å²) in [5.41, 5.74) is 1.24. The molecule has 3 heteroatoms. The molecule has 0 bridgehead atoms. The molecule has 112 valence electrons. The largest absolute Gasteiger partial charge is 0.385 e. The van der Waals surface area contributed by atoms with Gasteiger partial charge in [-0.3, -0.25) is 0 Å². The lowest BCUT2D eigenvalue weighted by Crippen LogP contribution is -2.15. The Morgan fingerprint density at radius 2 is 1.70 bits per heavy atom. The first-order valence-electron chi connectivity index (χ1n) is 8.01. The van der Waals surface area contributed by atoms with Gasteiger partial charge in [0.05, 0.1) is 0 Å². The van der Waals surface area contributed by atoms with Gasteiger partial charge in [-0.25, -0.2) is 4.31 Å². The summed E-state index contributed by atoms with van der Waals surface area (Å²) in [5, 5.41) is 3.49. The molecule has 0 radical (unpaired) electrons. The van der Waals surface area contributed by atoms with Crippen LogP contribution in [0.3, 0.4) is 0 Å². The third-order valence-electron chi connectivity index (χ3n) is 3.70. The van der Waals surface area contributed by atoms with E-state index >= 15 is 0 Å². The van der Waals surface area contributed by atoms with Crippen LogP contribution in [0.15, 0.2) is 29.2 Å². The Hall–Kier alpha value is -0.670. The van der Waals surface area contributed by atoms with Crippen molar-refractivity contribution in [2.75, 3.05) is 25.0 Å². The maximum Gasteiger partial charge on any atom is 0.0340 e. The molecule has 2 nitrogen and oxygen atoms in total. The van der Waals surface area contributed by atoms with Gasteiger partial charge in [0.25, 0.3) is 0 Å². The minimum Gasteiger partial charge on any atom is -0.385 e. The number of hydrogen-bond donors (Lipinski definition) is 1. The van der Waals surface area contributed by atoms with Gasteiger partial charge in [-0.1, -0.05) is 26.7 Å². The van der Waals surface area contributed by atoms with Crippen LogP contribution in [0.25, 0.3) is 0 Å². The van der Waals surface area contributed by atoms with E-state index in [0.29, 0.717) is 0 Å². The van der Waals surface area contributed by atoms with Crippen molar-refractivity contribution in [2.24, 2.45) is 5.92 Å². The third kappa shape index (κ3) is 5.76. The normalized spacial score (nSPS) is 17.1. The zero-order chi connectivity index (χ0) is 14.2. The second-order valence-electron chi connectivity index (χ2n) is 6.07. The van der Waals surface area contributed by atoms with Crippen LogP contribution in [-0.2, 0) is 0 Å². The number of anilines is 1. The van der Waals surface area contributed by atoms with Crippen molar-refractivity contribution in [1.29, 1.82) is 0 Å². The highest BCUT2D eigenvalue weighted by Gasteiger charge is 2.10. The Kier molecular flexibility index (Phi) is 6.74. The van der Waals surface area contributed by atoms with E-state index in [2.05, 4.69) is 47.7 Å². The highest BCUT2D eigenvalue weighted by atomic mass is 32.2. The monoisotopic (exact) mass is 292 g/mol. The number of benzene rings is 1. The second kappa shape index (κ2) is 8.58. The van der Waals surface area contributed by atoms with Crippen LogP contribution in [0.1, 0.15) is 46.0 Å². The van der Waals surface area contributed by atoms with Crippen LogP contribution >= 0.6 is 11.9 Å². The van der Waals surface area contributed by atoms with Gasteiger partial charge in [0.1, 0.15) is 0 Å². The summed E-state index contributed by atoms with van der Waals surface area (Å²) in [4.78, 5) is 1.36. The molecular formula is C17H28N2S. The number of rotatable bonds is 6. The number of nitrogens with zero attached hydrogens (tertiary/aromatic N) is 1. The van der Waals surface area contributed by atoms with E-state index < -0.39 is 0 Å². The van der Waals surface area contributed by atoms with E-state index in [4.69, 9.17) is 0 Å². The lowest BCUT2D eigenvalue weighted by Gasteiger charge is -2.18. The second-order valence-corrected chi connectivity index (χ2v) is 7.24. The molecule has 0 spiro atoms. The molecule has 1 heterocycles. The highest BCUT2D eigenvalue weighted by Crippen LogP contribution is 2.26. The summed E-state index contributed by atoms with van der Waals surface area (Å²) in [6.07, 6.45) is 6.72. The first-order chi connectivity index (χ1) is 9.74. The molecule has 0 saturated carbocycles. The summed E-state index contributed by atoms with van der Waals surface area (Å²) in [7, 11) is 0. The molecule has 1 aromatic rings. The molecule has 1 saturated heterocycles. The minimum absolute atomic E-state index is 0.764. The smallest absolute Gasteiger partial charge is 0.0340 e. The summed E-state index contributed by atoms with van der Waals surface area (Å²) in [6.45, 7) is 8.07. The standard InChI is InChI=1S/C17H28N2S/c1-15(2)11-12-18-16-7-9-17(10-8-16)20-19-13-5-3-4-6-14-19/h7-10,15,18H,3-6,11-14H2,1-2H3. The van der Waals surface area contributed by atoms with E-state index in [0.717, 1.165) is 12.5 Å². The van der Waals surface area contributed by atoms with Gasteiger partial charge >= 0.3 is 0 Å². The van der Waals surface area contributed by atoms with Crippen LogP contribution in [-0.4, -0.2) is 23.9 Å². The molecular weight excluding hydrogens is 264 g/mol. The molecule has 0 unspecified atom stereocenters. The zero-order valence-electron chi connectivity index (χ0n) is 12.9. The molecule has 0 amide bonds. The van der Waals surface area contributed by atoms with Crippen LogP contribution in [0.5, 0.6) is 0 Å². The van der Waals surface area contributed by atoms with Crippen LogP contribution in [0.4, 0.5) is 5.69 Å². The van der Waals surface area contributed by atoms with E-state index in [1.54, 1.807) is 0 Å². The van der Waals surface area contributed by atoms with Crippen molar-refractivity contribution in [3.8, 4) is 0 Å². The van der Waals surface area contributed by atoms with Crippen molar-refractivity contribution in [3.05, 3.63) is 24.3 Å². The average molecular weight is 292 g/mol. The number of nitrogens with one attached hydrogen (secondary N) is 1. The van der Waals surface area contributed by atoms with Crippen LogP contribution in [0, 0.1) is 5.92 Å². The van der Waals surface area contributed by atoms with Crippen molar-refractivity contribution < 1.29 is 0 Å². The van der Waals surface area contributed by atoms with Crippen LogP contribution in [0.2, 0.25) is 0 Å². The van der Waals surface area contributed by atoms with Gasteiger partial charge in [-0.05, 0) is 61.4 Å².